The zero-order valence-corrected chi connectivity index (χ0v) is 17.6. The molecule has 0 aliphatic heterocycles. The summed E-state index contributed by atoms with van der Waals surface area (Å²) >= 11 is 4.78. The second-order valence-electron chi connectivity index (χ2n) is 7.00. The van der Waals surface area contributed by atoms with Crippen LogP contribution in [0, 0.1) is 11.8 Å². The highest BCUT2D eigenvalue weighted by Crippen LogP contribution is 2.32. The molecule has 0 spiro atoms. The Bertz CT molecular complexity index is 767. The molecule has 2 aromatic rings. The third kappa shape index (κ3) is 4.49. The topological polar surface area (TPSA) is 68.0 Å². The van der Waals surface area contributed by atoms with Gasteiger partial charge in [0.05, 0.1) is 10.8 Å². The van der Waals surface area contributed by atoms with Crippen molar-refractivity contribution >= 4 is 33.6 Å². The fraction of sp³-hybridized carbons (Fsp3) is 0.526. The number of halogens is 1. The van der Waals surface area contributed by atoms with Crippen LogP contribution in [-0.4, -0.2) is 27.4 Å². The van der Waals surface area contributed by atoms with Gasteiger partial charge in [-0.25, -0.2) is 0 Å². The van der Waals surface area contributed by atoms with Gasteiger partial charge >= 0.3 is 0 Å². The highest BCUT2D eigenvalue weighted by atomic mass is 79.9. The first kappa shape index (κ1) is 19.4. The van der Waals surface area contributed by atoms with E-state index in [9.17, 15) is 4.79 Å². The summed E-state index contributed by atoms with van der Waals surface area (Å²) in [5.41, 5.74) is 0.842. The zero-order valence-electron chi connectivity index (χ0n) is 15.2. The largest absolute Gasteiger partial charge is 0.411 e. The van der Waals surface area contributed by atoms with Gasteiger partial charge in [0.1, 0.15) is 0 Å². The molecule has 140 valence electrons. The number of nitrogens with one attached hydrogen (secondary N) is 1. The normalized spacial score (nSPS) is 24.2. The molecule has 1 aliphatic rings. The van der Waals surface area contributed by atoms with Crippen molar-refractivity contribution in [2.75, 3.05) is 0 Å². The summed E-state index contributed by atoms with van der Waals surface area (Å²) in [5.74, 6) is 1.64. The average molecular weight is 438 g/mol. The number of hydrogen-bond donors (Lipinski definition) is 1. The van der Waals surface area contributed by atoms with Gasteiger partial charge in [0.15, 0.2) is 0 Å². The zero-order chi connectivity index (χ0) is 18.7. The number of benzene rings is 1. The molecule has 1 heterocycles. The molecule has 26 heavy (non-hydrogen) atoms. The Balaban J connectivity index is 1.60. The van der Waals surface area contributed by atoms with Crippen molar-refractivity contribution in [3.05, 3.63) is 28.7 Å². The highest BCUT2D eigenvalue weighted by Gasteiger charge is 2.30. The summed E-state index contributed by atoms with van der Waals surface area (Å²) in [5, 5.41) is 11.5. The van der Waals surface area contributed by atoms with Gasteiger partial charge < -0.3 is 9.73 Å². The Morgan fingerprint density at radius 2 is 2.08 bits per heavy atom. The number of nitrogens with zero attached hydrogens (tertiary/aromatic N) is 2. The Morgan fingerprint density at radius 1 is 1.31 bits per heavy atom. The van der Waals surface area contributed by atoms with E-state index in [4.69, 9.17) is 4.42 Å². The fourth-order valence-corrected chi connectivity index (χ4v) is 4.44. The molecule has 1 fully saturated rings. The smallest absolute Gasteiger partial charge is 0.277 e. The minimum Gasteiger partial charge on any atom is -0.411 e. The number of carbonyl (C=O) groups excluding carboxylic acids is 1. The lowest BCUT2D eigenvalue weighted by atomic mass is 9.78. The Kier molecular flexibility index (Phi) is 6.40. The lowest BCUT2D eigenvalue weighted by molar-refractivity contribution is -0.121. The van der Waals surface area contributed by atoms with Gasteiger partial charge in [0, 0.05) is 10.5 Å². The Morgan fingerprint density at radius 3 is 2.85 bits per heavy atom. The van der Waals surface area contributed by atoms with Crippen LogP contribution in [0.5, 0.6) is 0 Å². The first-order chi connectivity index (χ1) is 12.5. The monoisotopic (exact) mass is 437 g/mol. The van der Waals surface area contributed by atoms with E-state index in [1.807, 2.05) is 31.2 Å². The van der Waals surface area contributed by atoms with Crippen molar-refractivity contribution in [3.63, 3.8) is 0 Å². The van der Waals surface area contributed by atoms with Crippen LogP contribution in [0.15, 0.2) is 38.4 Å². The molecule has 7 heteroatoms. The molecule has 1 aromatic carbocycles. The molecular formula is C19H24BrN3O2S. The summed E-state index contributed by atoms with van der Waals surface area (Å²) in [4.78, 5) is 12.6. The number of carbonyl (C=O) groups is 1. The lowest BCUT2D eigenvalue weighted by Gasteiger charge is -2.35. The van der Waals surface area contributed by atoms with Crippen molar-refractivity contribution < 1.29 is 9.21 Å². The fourth-order valence-electron chi connectivity index (χ4n) is 3.29. The van der Waals surface area contributed by atoms with Crippen LogP contribution in [0.3, 0.4) is 0 Å². The van der Waals surface area contributed by atoms with Crippen molar-refractivity contribution in [2.45, 2.75) is 56.5 Å². The third-order valence-corrected chi connectivity index (χ3v) is 6.82. The van der Waals surface area contributed by atoms with E-state index in [-0.39, 0.29) is 17.2 Å². The second-order valence-corrected chi connectivity index (χ2v) is 9.14. The predicted molar refractivity (Wildman–Crippen MR) is 107 cm³/mol. The molecule has 1 N–H and O–H groups in total. The summed E-state index contributed by atoms with van der Waals surface area (Å²) in [6.45, 7) is 6.37. The minimum absolute atomic E-state index is 0.0293. The predicted octanol–water partition coefficient (Wildman–Crippen LogP) is 4.92. The van der Waals surface area contributed by atoms with E-state index in [0.29, 0.717) is 22.9 Å². The van der Waals surface area contributed by atoms with Crippen LogP contribution in [0.2, 0.25) is 0 Å². The molecule has 1 aromatic heterocycles. The van der Waals surface area contributed by atoms with Crippen LogP contribution >= 0.6 is 27.7 Å². The van der Waals surface area contributed by atoms with E-state index >= 15 is 0 Å². The standard InChI is InChI=1S/C19H24BrN3O2S/c1-11-7-6-10-16(12(11)2)21-17(24)13(3)26-19-23-22-18(25-19)14-8-4-5-9-15(14)20/h4-5,8-9,11-13,16H,6-7,10H2,1-3H3,(H,21,24)/t11-,12+,13-,16+/m0/s1. The summed E-state index contributed by atoms with van der Waals surface area (Å²) < 4.78 is 6.63. The third-order valence-electron chi connectivity index (χ3n) is 5.19. The van der Waals surface area contributed by atoms with E-state index < -0.39 is 0 Å². The van der Waals surface area contributed by atoms with Crippen LogP contribution in [0.4, 0.5) is 0 Å². The number of hydrogen-bond acceptors (Lipinski definition) is 5. The molecular weight excluding hydrogens is 414 g/mol. The van der Waals surface area contributed by atoms with Gasteiger partial charge in [0.25, 0.3) is 5.22 Å². The van der Waals surface area contributed by atoms with Gasteiger partial charge in [0.2, 0.25) is 11.8 Å². The Labute approximate surface area is 166 Å². The van der Waals surface area contributed by atoms with E-state index in [0.717, 1.165) is 16.5 Å². The molecule has 3 rings (SSSR count). The molecule has 5 nitrogen and oxygen atoms in total. The molecule has 0 radical (unpaired) electrons. The number of amides is 1. The average Bonchev–Trinajstić information content (AvgIpc) is 3.07. The second kappa shape index (κ2) is 8.57. The quantitative estimate of drug-likeness (QED) is 0.672. The van der Waals surface area contributed by atoms with Crippen LogP contribution < -0.4 is 5.32 Å². The SMILES string of the molecule is C[C@@H]1[C@@H](C)CCC[C@H]1NC(=O)[C@H](C)Sc1nnc(-c2ccccc2Br)o1. The van der Waals surface area contributed by atoms with E-state index in [1.165, 1.54) is 24.6 Å². The molecule has 1 saturated carbocycles. The van der Waals surface area contributed by atoms with Gasteiger partial charge in [-0.2, -0.15) is 0 Å². The van der Waals surface area contributed by atoms with E-state index in [1.54, 1.807) is 0 Å². The number of thioether (sulfide) groups is 1. The van der Waals surface area contributed by atoms with Crippen LogP contribution in [0.25, 0.3) is 11.5 Å². The van der Waals surface area contributed by atoms with Crippen molar-refractivity contribution in [2.24, 2.45) is 11.8 Å². The van der Waals surface area contributed by atoms with Gasteiger partial charge in [-0.1, -0.05) is 50.6 Å². The molecule has 0 bridgehead atoms. The molecule has 1 amide bonds. The van der Waals surface area contributed by atoms with E-state index in [2.05, 4.69) is 45.3 Å². The first-order valence-electron chi connectivity index (χ1n) is 9.01. The summed E-state index contributed by atoms with van der Waals surface area (Å²) in [6, 6.07) is 7.94. The van der Waals surface area contributed by atoms with Crippen LogP contribution in [-0.2, 0) is 4.79 Å². The first-order valence-corrected chi connectivity index (χ1v) is 10.7. The maximum atomic E-state index is 12.6. The van der Waals surface area contributed by atoms with Crippen molar-refractivity contribution in [3.8, 4) is 11.5 Å². The highest BCUT2D eigenvalue weighted by molar-refractivity contribution is 9.10. The summed E-state index contributed by atoms with van der Waals surface area (Å²) in [6.07, 6.45) is 3.48. The molecule has 0 saturated heterocycles. The van der Waals surface area contributed by atoms with Gasteiger partial charge in [-0.05, 0) is 53.2 Å². The van der Waals surface area contributed by atoms with Crippen LogP contribution in [0.1, 0.15) is 40.0 Å². The Hall–Kier alpha value is -1.34. The molecule has 1 aliphatic carbocycles. The van der Waals surface area contributed by atoms with Gasteiger partial charge in [-0.15, -0.1) is 10.2 Å². The van der Waals surface area contributed by atoms with Crippen molar-refractivity contribution in [1.29, 1.82) is 0 Å². The van der Waals surface area contributed by atoms with Gasteiger partial charge in [-0.3, -0.25) is 4.79 Å². The minimum atomic E-state index is -0.285. The summed E-state index contributed by atoms with van der Waals surface area (Å²) in [7, 11) is 0. The lowest BCUT2D eigenvalue weighted by Crippen LogP contribution is -2.46. The number of aromatic nitrogens is 2. The molecule has 4 atom stereocenters. The number of rotatable bonds is 5. The maximum Gasteiger partial charge on any atom is 0.277 e. The molecule has 0 unspecified atom stereocenters. The maximum absolute atomic E-state index is 12.6. The van der Waals surface area contributed by atoms with Crippen molar-refractivity contribution in [1.82, 2.24) is 15.5 Å².